The Hall–Kier alpha value is -3.12. The standard InChI is InChI=1S/C22H19ClN2O4/c1-28-22(27)16-4-7-18-15(12-16)10-11-25(18)21(26)9-8-20-24-13-19(29-20)14-2-5-17(23)6-3-14/h2-7,12-13H,8-11H2,1H3. The van der Waals surface area contributed by atoms with Gasteiger partial charge >= 0.3 is 5.97 Å². The molecule has 6 nitrogen and oxygen atoms in total. The molecule has 1 aromatic heterocycles. The first-order valence-electron chi connectivity index (χ1n) is 9.27. The van der Waals surface area contributed by atoms with Crippen LogP contribution in [0.3, 0.4) is 0 Å². The molecule has 0 saturated heterocycles. The van der Waals surface area contributed by atoms with Crippen LogP contribution >= 0.6 is 11.6 Å². The molecule has 0 radical (unpaired) electrons. The van der Waals surface area contributed by atoms with Crippen LogP contribution in [0.5, 0.6) is 0 Å². The minimum Gasteiger partial charge on any atom is -0.465 e. The number of rotatable bonds is 5. The Balaban J connectivity index is 1.40. The van der Waals surface area contributed by atoms with E-state index in [0.717, 1.165) is 16.8 Å². The molecule has 4 rings (SSSR count). The van der Waals surface area contributed by atoms with Crippen molar-refractivity contribution in [3.63, 3.8) is 0 Å². The van der Waals surface area contributed by atoms with Crippen LogP contribution in [-0.4, -0.2) is 30.5 Å². The number of aromatic nitrogens is 1. The monoisotopic (exact) mass is 410 g/mol. The van der Waals surface area contributed by atoms with Gasteiger partial charge < -0.3 is 14.1 Å². The Bertz CT molecular complexity index is 1060. The summed E-state index contributed by atoms with van der Waals surface area (Å²) in [7, 11) is 1.35. The van der Waals surface area contributed by atoms with Crippen molar-refractivity contribution in [1.82, 2.24) is 4.98 Å². The Labute approximate surface area is 173 Å². The number of aryl methyl sites for hydroxylation is 1. The minimum absolute atomic E-state index is 0.000751. The van der Waals surface area contributed by atoms with Crippen LogP contribution in [0.2, 0.25) is 5.02 Å². The summed E-state index contributed by atoms with van der Waals surface area (Å²) in [5.74, 6) is 0.786. The molecule has 1 aliphatic heterocycles. The molecule has 148 valence electrons. The van der Waals surface area contributed by atoms with E-state index in [4.69, 9.17) is 20.8 Å². The van der Waals surface area contributed by atoms with E-state index in [1.54, 1.807) is 41.4 Å². The lowest BCUT2D eigenvalue weighted by molar-refractivity contribution is -0.118. The topological polar surface area (TPSA) is 72.6 Å². The molecule has 0 N–H and O–H groups in total. The first-order valence-corrected chi connectivity index (χ1v) is 9.65. The molecule has 1 amide bonds. The van der Waals surface area contributed by atoms with Gasteiger partial charge in [0.15, 0.2) is 11.7 Å². The molecule has 2 aromatic carbocycles. The molecule has 0 atom stereocenters. The van der Waals surface area contributed by atoms with E-state index < -0.39 is 0 Å². The summed E-state index contributed by atoms with van der Waals surface area (Å²) in [6.45, 7) is 0.598. The second-order valence-electron chi connectivity index (χ2n) is 6.76. The van der Waals surface area contributed by atoms with Gasteiger partial charge in [0.2, 0.25) is 5.91 Å². The molecule has 0 fully saturated rings. The molecule has 2 heterocycles. The predicted octanol–water partition coefficient (Wildman–Crippen LogP) is 4.30. The highest BCUT2D eigenvalue weighted by atomic mass is 35.5. The van der Waals surface area contributed by atoms with Crippen LogP contribution in [0.15, 0.2) is 53.1 Å². The number of hydrogen-bond donors (Lipinski definition) is 0. The number of oxazole rings is 1. The highest BCUT2D eigenvalue weighted by Gasteiger charge is 2.25. The molecular formula is C22H19ClN2O4. The highest BCUT2D eigenvalue weighted by Crippen LogP contribution is 2.30. The number of halogens is 1. The first-order chi connectivity index (χ1) is 14.0. The lowest BCUT2D eigenvalue weighted by Gasteiger charge is -2.17. The van der Waals surface area contributed by atoms with Crippen molar-refractivity contribution in [3.8, 4) is 11.3 Å². The lowest BCUT2D eigenvalue weighted by atomic mass is 10.1. The smallest absolute Gasteiger partial charge is 0.337 e. The third kappa shape index (κ3) is 4.03. The van der Waals surface area contributed by atoms with E-state index in [1.165, 1.54) is 7.11 Å². The third-order valence-corrected chi connectivity index (χ3v) is 5.18. The molecule has 3 aromatic rings. The average molecular weight is 411 g/mol. The van der Waals surface area contributed by atoms with Gasteiger partial charge in [-0.25, -0.2) is 9.78 Å². The molecule has 0 unspecified atom stereocenters. The number of anilines is 1. The Morgan fingerprint density at radius 3 is 2.76 bits per heavy atom. The molecule has 29 heavy (non-hydrogen) atoms. The number of methoxy groups -OCH3 is 1. The summed E-state index contributed by atoms with van der Waals surface area (Å²) in [6.07, 6.45) is 3.07. The van der Waals surface area contributed by atoms with Gasteiger partial charge in [-0.1, -0.05) is 11.6 Å². The normalized spacial score (nSPS) is 12.7. The number of amides is 1. The fourth-order valence-corrected chi connectivity index (χ4v) is 3.55. The van der Waals surface area contributed by atoms with Crippen LogP contribution in [0.4, 0.5) is 5.69 Å². The summed E-state index contributed by atoms with van der Waals surface area (Å²) in [5, 5.41) is 0.656. The van der Waals surface area contributed by atoms with Gasteiger partial charge in [0.1, 0.15) is 0 Å². The van der Waals surface area contributed by atoms with Crippen molar-refractivity contribution in [1.29, 1.82) is 0 Å². The molecular weight excluding hydrogens is 392 g/mol. The SMILES string of the molecule is COC(=O)c1ccc2c(c1)CCN2C(=O)CCc1ncc(-c2ccc(Cl)cc2)o1. The van der Waals surface area contributed by atoms with E-state index in [0.29, 0.717) is 48.0 Å². The summed E-state index contributed by atoms with van der Waals surface area (Å²) in [6, 6.07) is 12.6. The van der Waals surface area contributed by atoms with Gasteiger partial charge in [-0.2, -0.15) is 0 Å². The average Bonchev–Trinajstić information content (AvgIpc) is 3.38. The van der Waals surface area contributed by atoms with Crippen LogP contribution < -0.4 is 4.90 Å². The number of benzene rings is 2. The minimum atomic E-state index is -0.377. The number of carbonyl (C=O) groups excluding carboxylic acids is 2. The largest absolute Gasteiger partial charge is 0.465 e. The van der Waals surface area contributed by atoms with Gasteiger partial charge in [0.25, 0.3) is 0 Å². The van der Waals surface area contributed by atoms with E-state index >= 15 is 0 Å². The summed E-state index contributed by atoms with van der Waals surface area (Å²) in [4.78, 5) is 30.4. The van der Waals surface area contributed by atoms with Crippen molar-refractivity contribution >= 4 is 29.2 Å². The maximum atomic E-state index is 12.7. The highest BCUT2D eigenvalue weighted by molar-refractivity contribution is 6.30. The maximum Gasteiger partial charge on any atom is 0.337 e. The van der Waals surface area contributed by atoms with E-state index in [9.17, 15) is 9.59 Å². The number of fused-ring (bicyclic) bond motifs is 1. The molecule has 7 heteroatoms. The molecule has 0 aliphatic carbocycles. The number of carbonyl (C=O) groups is 2. The van der Waals surface area contributed by atoms with E-state index in [1.807, 2.05) is 12.1 Å². The zero-order chi connectivity index (χ0) is 20.4. The molecule has 0 spiro atoms. The second-order valence-corrected chi connectivity index (χ2v) is 7.19. The van der Waals surface area contributed by atoms with E-state index in [2.05, 4.69) is 4.98 Å². The molecule has 1 aliphatic rings. The number of hydrogen-bond acceptors (Lipinski definition) is 5. The Morgan fingerprint density at radius 1 is 1.21 bits per heavy atom. The van der Waals surface area contributed by atoms with Crippen molar-refractivity contribution in [2.45, 2.75) is 19.3 Å². The Morgan fingerprint density at radius 2 is 2.00 bits per heavy atom. The summed E-state index contributed by atoms with van der Waals surface area (Å²) < 4.78 is 10.5. The number of esters is 1. The summed E-state index contributed by atoms with van der Waals surface area (Å²) >= 11 is 5.91. The Kier molecular flexibility index (Phi) is 5.36. The van der Waals surface area contributed by atoms with Crippen molar-refractivity contribution < 1.29 is 18.7 Å². The van der Waals surface area contributed by atoms with Crippen LogP contribution in [0.25, 0.3) is 11.3 Å². The van der Waals surface area contributed by atoms with Gasteiger partial charge in [-0.05, 0) is 54.4 Å². The van der Waals surface area contributed by atoms with E-state index in [-0.39, 0.29) is 11.9 Å². The second kappa shape index (κ2) is 8.09. The predicted molar refractivity (Wildman–Crippen MR) is 109 cm³/mol. The fraction of sp³-hybridized carbons (Fsp3) is 0.227. The van der Waals surface area contributed by atoms with Crippen molar-refractivity contribution in [3.05, 3.63) is 70.7 Å². The molecule has 0 saturated carbocycles. The summed E-state index contributed by atoms with van der Waals surface area (Å²) in [5.41, 5.74) is 3.20. The molecule has 0 bridgehead atoms. The first kappa shape index (κ1) is 19.2. The van der Waals surface area contributed by atoms with Crippen LogP contribution in [-0.2, 0) is 22.4 Å². The van der Waals surface area contributed by atoms with Crippen LogP contribution in [0.1, 0.15) is 28.2 Å². The van der Waals surface area contributed by atoms with Crippen LogP contribution in [0, 0.1) is 0 Å². The zero-order valence-corrected chi connectivity index (χ0v) is 16.6. The van der Waals surface area contributed by atoms with Gasteiger partial charge in [-0.15, -0.1) is 0 Å². The number of nitrogens with zero attached hydrogens (tertiary/aromatic N) is 2. The number of ether oxygens (including phenoxy) is 1. The van der Waals surface area contributed by atoms with Crippen molar-refractivity contribution in [2.24, 2.45) is 0 Å². The zero-order valence-electron chi connectivity index (χ0n) is 15.9. The van der Waals surface area contributed by atoms with Crippen molar-refractivity contribution in [2.75, 3.05) is 18.6 Å². The van der Waals surface area contributed by atoms with Gasteiger partial charge in [0.05, 0.1) is 18.9 Å². The maximum absolute atomic E-state index is 12.7. The lowest BCUT2D eigenvalue weighted by Crippen LogP contribution is -2.29. The quantitative estimate of drug-likeness (QED) is 0.586. The van der Waals surface area contributed by atoms with Gasteiger partial charge in [-0.3, -0.25) is 4.79 Å². The van der Waals surface area contributed by atoms with Gasteiger partial charge in [0, 0.05) is 35.7 Å². The third-order valence-electron chi connectivity index (χ3n) is 4.93. The fourth-order valence-electron chi connectivity index (χ4n) is 3.43.